The van der Waals surface area contributed by atoms with Gasteiger partial charge < -0.3 is 9.30 Å². The van der Waals surface area contributed by atoms with Gasteiger partial charge in [-0.25, -0.2) is 4.98 Å². The second-order valence-corrected chi connectivity index (χ2v) is 8.00. The molecule has 1 saturated carbocycles. The molecule has 1 fully saturated rings. The molecule has 4 nitrogen and oxygen atoms in total. The maximum atomic E-state index is 13.0. The zero-order chi connectivity index (χ0) is 17.8. The average Bonchev–Trinajstić information content (AvgIpc) is 3.35. The molecule has 1 amide bonds. The molecule has 1 aliphatic rings. The van der Waals surface area contributed by atoms with Crippen molar-refractivity contribution < 1.29 is 4.79 Å². The summed E-state index contributed by atoms with van der Waals surface area (Å²) in [5.74, 6) is 0.704. The molecular formula is C21H23N3OS. The molecule has 26 heavy (non-hydrogen) atoms. The lowest BCUT2D eigenvalue weighted by molar-refractivity contribution is -0.116. The quantitative estimate of drug-likeness (QED) is 0.643. The molecule has 0 atom stereocenters. The number of amides is 1. The van der Waals surface area contributed by atoms with Crippen LogP contribution in [0.4, 0.5) is 5.69 Å². The number of nitrogens with zero attached hydrogens (tertiary/aromatic N) is 3. The van der Waals surface area contributed by atoms with Gasteiger partial charge in [-0.15, -0.1) is 11.8 Å². The van der Waals surface area contributed by atoms with Gasteiger partial charge in [0.1, 0.15) is 5.65 Å². The van der Waals surface area contributed by atoms with Crippen LogP contribution in [0.25, 0.3) is 5.65 Å². The maximum absolute atomic E-state index is 13.0. The Labute approximate surface area is 158 Å². The fourth-order valence-corrected chi connectivity index (χ4v) is 4.72. The van der Waals surface area contributed by atoms with Crippen molar-refractivity contribution in [2.75, 3.05) is 10.7 Å². The van der Waals surface area contributed by atoms with E-state index in [0.29, 0.717) is 17.5 Å². The first-order valence-electron chi connectivity index (χ1n) is 9.19. The number of carbonyl (C=O) groups is 1. The molecule has 0 bridgehead atoms. The van der Waals surface area contributed by atoms with Crippen molar-refractivity contribution in [1.29, 1.82) is 0 Å². The number of anilines is 1. The van der Waals surface area contributed by atoms with Gasteiger partial charge in [0.15, 0.2) is 0 Å². The van der Waals surface area contributed by atoms with Crippen LogP contribution in [0.5, 0.6) is 0 Å². The highest BCUT2D eigenvalue weighted by Gasteiger charge is 2.21. The number of rotatable bonds is 6. The molecule has 134 valence electrons. The fraction of sp³-hybridized carbons (Fsp3) is 0.333. The summed E-state index contributed by atoms with van der Waals surface area (Å²) in [4.78, 5) is 19.4. The lowest BCUT2D eigenvalue weighted by atomic mass is 10.2. The molecule has 1 aliphatic carbocycles. The monoisotopic (exact) mass is 365 g/mol. The summed E-state index contributed by atoms with van der Waals surface area (Å²) in [5, 5.41) is 0.646. The molecule has 5 heteroatoms. The Morgan fingerprint density at radius 2 is 1.88 bits per heavy atom. The largest absolute Gasteiger partial charge is 0.306 e. The zero-order valence-electron chi connectivity index (χ0n) is 14.8. The number of thioether (sulfide) groups is 1. The van der Waals surface area contributed by atoms with Gasteiger partial charge in [0.2, 0.25) is 5.91 Å². The van der Waals surface area contributed by atoms with Crippen molar-refractivity contribution in [1.82, 2.24) is 9.38 Å². The van der Waals surface area contributed by atoms with Gasteiger partial charge in [0.05, 0.1) is 24.2 Å². The van der Waals surface area contributed by atoms with E-state index >= 15 is 0 Å². The summed E-state index contributed by atoms with van der Waals surface area (Å²) in [7, 11) is 0. The summed E-state index contributed by atoms with van der Waals surface area (Å²) >= 11 is 1.82. The number of aromatic nitrogens is 2. The minimum atomic E-state index is 0.166. The lowest BCUT2D eigenvalue weighted by Gasteiger charge is -2.23. The molecule has 1 aromatic carbocycles. The Bertz CT molecular complexity index is 871. The van der Waals surface area contributed by atoms with Gasteiger partial charge in [0, 0.05) is 17.1 Å². The van der Waals surface area contributed by atoms with Crippen molar-refractivity contribution in [3.8, 4) is 0 Å². The van der Waals surface area contributed by atoms with Crippen LogP contribution >= 0.6 is 11.8 Å². The SMILES string of the molecule is O=C(CSC1CCCC1)N(Cc1cnc2ccccn12)c1ccccc1. The number of pyridine rings is 1. The summed E-state index contributed by atoms with van der Waals surface area (Å²) in [6.07, 6.45) is 8.96. The number of fused-ring (bicyclic) bond motifs is 1. The molecule has 0 aliphatic heterocycles. The van der Waals surface area contributed by atoms with Gasteiger partial charge in [-0.1, -0.05) is 37.1 Å². The summed E-state index contributed by atoms with van der Waals surface area (Å²) in [6.45, 7) is 0.527. The topological polar surface area (TPSA) is 37.6 Å². The average molecular weight is 366 g/mol. The van der Waals surface area contributed by atoms with E-state index in [1.165, 1.54) is 25.7 Å². The van der Waals surface area contributed by atoms with Crippen LogP contribution in [0.15, 0.2) is 60.9 Å². The van der Waals surface area contributed by atoms with Gasteiger partial charge >= 0.3 is 0 Å². The summed E-state index contributed by atoms with van der Waals surface area (Å²) < 4.78 is 2.05. The van der Waals surface area contributed by atoms with E-state index in [0.717, 1.165) is 17.0 Å². The van der Waals surface area contributed by atoms with Crippen LogP contribution in [0.1, 0.15) is 31.4 Å². The normalized spacial score (nSPS) is 14.8. The third-order valence-electron chi connectivity index (χ3n) is 4.93. The number of hydrogen-bond donors (Lipinski definition) is 0. The second kappa shape index (κ2) is 7.96. The van der Waals surface area contributed by atoms with Crippen LogP contribution in [0, 0.1) is 0 Å². The number of carbonyl (C=O) groups excluding carboxylic acids is 1. The zero-order valence-corrected chi connectivity index (χ0v) is 15.6. The van der Waals surface area contributed by atoms with Gasteiger partial charge in [-0.05, 0) is 37.1 Å². The molecule has 3 aromatic rings. The van der Waals surface area contributed by atoms with E-state index in [4.69, 9.17) is 0 Å². The fourth-order valence-electron chi connectivity index (χ4n) is 3.52. The first kappa shape index (κ1) is 17.2. The van der Waals surface area contributed by atoms with Crippen LogP contribution in [-0.2, 0) is 11.3 Å². The van der Waals surface area contributed by atoms with Crippen molar-refractivity contribution >= 4 is 29.0 Å². The highest BCUT2D eigenvalue weighted by Crippen LogP contribution is 2.30. The molecule has 2 aromatic heterocycles. The third kappa shape index (κ3) is 3.78. The van der Waals surface area contributed by atoms with Crippen LogP contribution in [-0.4, -0.2) is 26.3 Å². The van der Waals surface area contributed by atoms with Crippen LogP contribution < -0.4 is 4.90 Å². The predicted octanol–water partition coefficient (Wildman–Crippen LogP) is 4.54. The van der Waals surface area contributed by atoms with E-state index in [9.17, 15) is 4.79 Å². The van der Waals surface area contributed by atoms with E-state index in [1.807, 2.05) is 82.0 Å². The highest BCUT2D eigenvalue weighted by atomic mass is 32.2. The van der Waals surface area contributed by atoms with E-state index < -0.39 is 0 Å². The highest BCUT2D eigenvalue weighted by molar-refractivity contribution is 8.00. The van der Waals surface area contributed by atoms with E-state index in [2.05, 4.69) is 4.98 Å². The Morgan fingerprint density at radius 1 is 1.12 bits per heavy atom. The summed E-state index contributed by atoms with van der Waals surface area (Å²) in [6, 6.07) is 15.9. The van der Waals surface area contributed by atoms with Crippen LogP contribution in [0.3, 0.4) is 0 Å². The van der Waals surface area contributed by atoms with Gasteiger partial charge in [0.25, 0.3) is 0 Å². The van der Waals surface area contributed by atoms with E-state index in [-0.39, 0.29) is 5.91 Å². The standard InChI is InChI=1S/C21H23N3OS/c25-21(16-26-19-10-4-5-11-19)24(17-8-2-1-3-9-17)15-18-14-22-20-12-6-7-13-23(18)20/h1-3,6-9,12-14,19H,4-5,10-11,15-16H2. The number of imidazole rings is 1. The minimum Gasteiger partial charge on any atom is -0.306 e. The van der Waals surface area contributed by atoms with E-state index in [1.54, 1.807) is 0 Å². The minimum absolute atomic E-state index is 0.166. The molecule has 4 rings (SSSR count). The molecule has 0 spiro atoms. The molecule has 0 saturated heterocycles. The second-order valence-electron chi connectivity index (χ2n) is 6.71. The molecule has 0 radical (unpaired) electrons. The lowest BCUT2D eigenvalue weighted by Crippen LogP contribution is -2.32. The summed E-state index contributed by atoms with van der Waals surface area (Å²) in [5.41, 5.74) is 2.86. The molecule has 0 unspecified atom stereocenters. The maximum Gasteiger partial charge on any atom is 0.237 e. The van der Waals surface area contributed by atoms with Gasteiger partial charge in [-0.2, -0.15) is 0 Å². The first-order valence-corrected chi connectivity index (χ1v) is 10.2. The smallest absolute Gasteiger partial charge is 0.237 e. The van der Waals surface area contributed by atoms with Crippen LogP contribution in [0.2, 0.25) is 0 Å². The number of para-hydroxylation sites is 1. The number of hydrogen-bond acceptors (Lipinski definition) is 3. The molecule has 0 N–H and O–H groups in total. The molecule has 2 heterocycles. The molecular weight excluding hydrogens is 342 g/mol. The predicted molar refractivity (Wildman–Crippen MR) is 108 cm³/mol. The van der Waals surface area contributed by atoms with Crippen molar-refractivity contribution in [3.63, 3.8) is 0 Å². The Hall–Kier alpha value is -2.27. The first-order chi connectivity index (χ1) is 12.8. The Balaban J connectivity index is 1.55. The Kier molecular flexibility index (Phi) is 5.25. The van der Waals surface area contributed by atoms with Crippen molar-refractivity contribution in [2.24, 2.45) is 0 Å². The van der Waals surface area contributed by atoms with Crippen molar-refractivity contribution in [2.45, 2.75) is 37.5 Å². The number of benzene rings is 1. The Morgan fingerprint density at radius 3 is 2.69 bits per heavy atom. The van der Waals surface area contributed by atoms with Crippen molar-refractivity contribution in [3.05, 3.63) is 66.6 Å². The third-order valence-corrected chi connectivity index (χ3v) is 6.28. The van der Waals surface area contributed by atoms with Gasteiger partial charge in [-0.3, -0.25) is 4.79 Å².